The number of methoxy groups -OCH3 is 1. The van der Waals surface area contributed by atoms with Crippen molar-refractivity contribution in [2.24, 2.45) is 0 Å². The van der Waals surface area contributed by atoms with Gasteiger partial charge >= 0.3 is 0 Å². The second-order valence-corrected chi connectivity index (χ2v) is 8.83. The summed E-state index contributed by atoms with van der Waals surface area (Å²) >= 11 is 0. The standard InChI is InChI=1S/C28H37N5O2/c1-4-6-7-8-9-11-27-32-25-18-23-24(19-26(25)33(27)16-10-17-35-5-2)29-20-30-28(23)31-21-12-14-22(34-3)15-13-21/h12-15,18-20H,4-11,16-17H2,1-3H3,(H,29,30,31). The van der Waals surface area contributed by atoms with Gasteiger partial charge in [0.2, 0.25) is 0 Å². The maximum Gasteiger partial charge on any atom is 0.141 e. The molecule has 0 aliphatic heterocycles. The summed E-state index contributed by atoms with van der Waals surface area (Å²) < 4.78 is 13.2. The van der Waals surface area contributed by atoms with E-state index in [1.807, 2.05) is 31.2 Å². The zero-order valence-electron chi connectivity index (χ0n) is 21.2. The molecular formula is C28H37N5O2. The second kappa shape index (κ2) is 12.5. The monoisotopic (exact) mass is 475 g/mol. The van der Waals surface area contributed by atoms with Crippen LogP contribution in [0.15, 0.2) is 42.7 Å². The van der Waals surface area contributed by atoms with Crippen LogP contribution in [0.2, 0.25) is 0 Å². The van der Waals surface area contributed by atoms with E-state index in [1.165, 1.54) is 32.1 Å². The molecule has 0 saturated carbocycles. The molecule has 0 atom stereocenters. The molecule has 2 heterocycles. The van der Waals surface area contributed by atoms with Crippen molar-refractivity contribution in [1.29, 1.82) is 0 Å². The highest BCUT2D eigenvalue weighted by atomic mass is 16.5. The Morgan fingerprint density at radius 3 is 2.51 bits per heavy atom. The molecule has 0 saturated heterocycles. The largest absolute Gasteiger partial charge is 0.497 e. The topological polar surface area (TPSA) is 74.1 Å². The van der Waals surface area contributed by atoms with Crippen molar-refractivity contribution in [3.8, 4) is 5.75 Å². The fraction of sp³-hybridized carbons (Fsp3) is 0.464. The van der Waals surface area contributed by atoms with Crippen LogP contribution in [-0.4, -0.2) is 39.8 Å². The summed E-state index contributed by atoms with van der Waals surface area (Å²) in [5, 5.41) is 4.39. The smallest absolute Gasteiger partial charge is 0.141 e. The highest BCUT2D eigenvalue weighted by molar-refractivity contribution is 5.99. The van der Waals surface area contributed by atoms with Gasteiger partial charge in [0.05, 0.1) is 23.7 Å². The first kappa shape index (κ1) is 24.9. The first-order valence-electron chi connectivity index (χ1n) is 12.9. The fourth-order valence-corrected chi connectivity index (χ4v) is 4.43. The Labute approximate surface area is 207 Å². The lowest BCUT2D eigenvalue weighted by Crippen LogP contribution is -2.07. The zero-order chi connectivity index (χ0) is 24.5. The SMILES string of the molecule is CCCCCCCc1nc2cc3c(Nc4ccc(OC)cc4)ncnc3cc2n1CCCOCC. The predicted molar refractivity (Wildman–Crippen MR) is 143 cm³/mol. The molecule has 4 rings (SSSR count). The molecule has 0 spiro atoms. The molecule has 0 unspecified atom stereocenters. The molecule has 186 valence electrons. The lowest BCUT2D eigenvalue weighted by molar-refractivity contribution is 0.141. The Kier molecular flexibility index (Phi) is 8.90. The van der Waals surface area contributed by atoms with Crippen molar-refractivity contribution in [3.63, 3.8) is 0 Å². The molecule has 7 heteroatoms. The van der Waals surface area contributed by atoms with Crippen molar-refractivity contribution >= 4 is 33.4 Å². The summed E-state index contributed by atoms with van der Waals surface area (Å²) in [6, 6.07) is 12.1. The minimum Gasteiger partial charge on any atom is -0.497 e. The van der Waals surface area contributed by atoms with Gasteiger partial charge in [-0.25, -0.2) is 15.0 Å². The van der Waals surface area contributed by atoms with Crippen molar-refractivity contribution in [1.82, 2.24) is 19.5 Å². The number of nitrogens with one attached hydrogen (secondary N) is 1. The summed E-state index contributed by atoms with van der Waals surface area (Å²) in [7, 11) is 1.67. The Balaban J connectivity index is 1.64. The van der Waals surface area contributed by atoms with Gasteiger partial charge in [0, 0.05) is 37.3 Å². The van der Waals surface area contributed by atoms with E-state index in [4.69, 9.17) is 14.5 Å². The lowest BCUT2D eigenvalue weighted by atomic mass is 10.1. The number of hydrogen-bond acceptors (Lipinski definition) is 6. The molecule has 2 aromatic heterocycles. The van der Waals surface area contributed by atoms with E-state index in [1.54, 1.807) is 13.4 Å². The summed E-state index contributed by atoms with van der Waals surface area (Å²) in [4.78, 5) is 14.2. The molecule has 7 nitrogen and oxygen atoms in total. The molecule has 0 aliphatic rings. The highest BCUT2D eigenvalue weighted by Gasteiger charge is 2.14. The summed E-state index contributed by atoms with van der Waals surface area (Å²) in [6.07, 6.45) is 9.85. The number of aryl methyl sites for hydroxylation is 2. The van der Waals surface area contributed by atoms with Gasteiger partial charge in [-0.1, -0.05) is 32.6 Å². The normalized spacial score (nSPS) is 11.4. The molecule has 0 amide bonds. The quantitative estimate of drug-likeness (QED) is 0.205. The first-order valence-corrected chi connectivity index (χ1v) is 12.9. The van der Waals surface area contributed by atoms with Gasteiger partial charge in [0.1, 0.15) is 23.7 Å². The zero-order valence-corrected chi connectivity index (χ0v) is 21.2. The number of rotatable bonds is 14. The van der Waals surface area contributed by atoms with Crippen LogP contribution in [-0.2, 0) is 17.7 Å². The van der Waals surface area contributed by atoms with Crippen LogP contribution >= 0.6 is 0 Å². The average Bonchev–Trinajstić information content (AvgIpc) is 3.22. The van der Waals surface area contributed by atoms with Crippen LogP contribution in [0.3, 0.4) is 0 Å². The van der Waals surface area contributed by atoms with Gasteiger partial charge in [-0.05, 0) is 56.2 Å². The van der Waals surface area contributed by atoms with Crippen LogP contribution < -0.4 is 10.1 Å². The van der Waals surface area contributed by atoms with Gasteiger partial charge in [-0.2, -0.15) is 0 Å². The van der Waals surface area contributed by atoms with E-state index < -0.39 is 0 Å². The number of nitrogens with zero attached hydrogens (tertiary/aromatic N) is 4. The average molecular weight is 476 g/mol. The maximum absolute atomic E-state index is 5.60. The van der Waals surface area contributed by atoms with Gasteiger partial charge < -0.3 is 19.4 Å². The molecule has 0 fully saturated rings. The van der Waals surface area contributed by atoms with Gasteiger partial charge in [0.25, 0.3) is 0 Å². The molecule has 1 N–H and O–H groups in total. The van der Waals surface area contributed by atoms with E-state index in [0.29, 0.717) is 0 Å². The van der Waals surface area contributed by atoms with Crippen LogP contribution in [0.25, 0.3) is 21.9 Å². The number of hydrogen-bond donors (Lipinski definition) is 1. The predicted octanol–water partition coefficient (Wildman–Crippen LogP) is 6.67. The maximum atomic E-state index is 5.60. The van der Waals surface area contributed by atoms with E-state index >= 15 is 0 Å². The second-order valence-electron chi connectivity index (χ2n) is 8.83. The number of anilines is 2. The number of fused-ring (bicyclic) bond motifs is 2. The van der Waals surface area contributed by atoms with Gasteiger partial charge in [-0.3, -0.25) is 0 Å². The summed E-state index contributed by atoms with van der Waals surface area (Å²) in [5.74, 6) is 2.75. The Hall–Kier alpha value is -3.19. The third-order valence-corrected chi connectivity index (χ3v) is 6.31. The van der Waals surface area contributed by atoms with E-state index in [0.717, 1.165) is 77.6 Å². The van der Waals surface area contributed by atoms with Crippen LogP contribution in [0.5, 0.6) is 5.75 Å². The molecule has 2 aromatic carbocycles. The van der Waals surface area contributed by atoms with Crippen molar-refractivity contribution < 1.29 is 9.47 Å². The van der Waals surface area contributed by atoms with Crippen molar-refractivity contribution in [2.45, 2.75) is 65.3 Å². The van der Waals surface area contributed by atoms with Crippen molar-refractivity contribution in [2.75, 3.05) is 25.6 Å². The highest BCUT2D eigenvalue weighted by Crippen LogP contribution is 2.29. The van der Waals surface area contributed by atoms with Gasteiger partial charge in [0.15, 0.2) is 0 Å². The van der Waals surface area contributed by atoms with Crippen molar-refractivity contribution in [3.05, 3.63) is 48.5 Å². The molecule has 0 bridgehead atoms. The molecule has 0 radical (unpaired) electrons. The molecule has 35 heavy (non-hydrogen) atoms. The third kappa shape index (κ3) is 6.28. The summed E-state index contributed by atoms with van der Waals surface area (Å²) in [5.41, 5.74) is 3.97. The molecular weight excluding hydrogens is 438 g/mol. The van der Waals surface area contributed by atoms with Gasteiger partial charge in [-0.15, -0.1) is 0 Å². The summed E-state index contributed by atoms with van der Waals surface area (Å²) in [6.45, 7) is 6.70. The number of benzene rings is 2. The number of ether oxygens (including phenoxy) is 2. The number of unbranched alkanes of at least 4 members (excludes halogenated alkanes) is 4. The number of imidazole rings is 1. The van der Waals surface area contributed by atoms with Crippen LogP contribution in [0, 0.1) is 0 Å². The molecule has 4 aromatic rings. The minimum absolute atomic E-state index is 0.750. The van der Waals surface area contributed by atoms with Crippen LogP contribution in [0.4, 0.5) is 11.5 Å². The minimum atomic E-state index is 0.750. The van der Waals surface area contributed by atoms with E-state index in [2.05, 4.69) is 38.9 Å². The van der Waals surface area contributed by atoms with Crippen LogP contribution in [0.1, 0.15) is 58.2 Å². The molecule has 0 aliphatic carbocycles. The third-order valence-electron chi connectivity index (χ3n) is 6.31. The fourth-order valence-electron chi connectivity index (χ4n) is 4.43. The lowest BCUT2D eigenvalue weighted by Gasteiger charge is -2.11. The van der Waals surface area contributed by atoms with E-state index in [-0.39, 0.29) is 0 Å². The Morgan fingerprint density at radius 1 is 0.914 bits per heavy atom. The Bertz CT molecular complexity index is 1220. The van der Waals surface area contributed by atoms with E-state index in [9.17, 15) is 0 Å². The Morgan fingerprint density at radius 2 is 1.74 bits per heavy atom. The number of aromatic nitrogens is 4. The first-order chi connectivity index (χ1) is 17.2.